The average molecular weight is 483 g/mol. The number of imidazole rings is 1. The SMILES string of the molecule is Nc1ncccc1-c1nc2cccnc2n1-c1ccc(CNCCc2ccc(C=O)c(O)c2F)cc1. The van der Waals surface area contributed by atoms with E-state index in [2.05, 4.69) is 15.3 Å². The van der Waals surface area contributed by atoms with Crippen molar-refractivity contribution < 1.29 is 14.3 Å². The maximum atomic E-state index is 14.2. The number of nitrogen functional groups attached to an aromatic ring is 1. The van der Waals surface area contributed by atoms with Crippen LogP contribution in [0.15, 0.2) is 73.1 Å². The number of benzene rings is 2. The highest BCUT2D eigenvalue weighted by Gasteiger charge is 2.17. The zero-order valence-electron chi connectivity index (χ0n) is 19.2. The number of anilines is 1. The number of nitrogens with one attached hydrogen (secondary N) is 1. The van der Waals surface area contributed by atoms with Crippen LogP contribution in [-0.2, 0) is 13.0 Å². The highest BCUT2D eigenvalue weighted by Crippen LogP contribution is 2.30. The van der Waals surface area contributed by atoms with Crippen molar-refractivity contribution in [3.05, 3.63) is 95.6 Å². The van der Waals surface area contributed by atoms with Gasteiger partial charge in [0.05, 0.1) is 11.1 Å². The molecule has 0 saturated heterocycles. The van der Waals surface area contributed by atoms with Crippen LogP contribution >= 0.6 is 0 Å². The molecule has 0 fully saturated rings. The van der Waals surface area contributed by atoms with Gasteiger partial charge in [0.1, 0.15) is 11.3 Å². The van der Waals surface area contributed by atoms with Crippen LogP contribution in [0.25, 0.3) is 28.2 Å². The van der Waals surface area contributed by atoms with Gasteiger partial charge in [0.15, 0.2) is 29.3 Å². The minimum Gasteiger partial charge on any atom is -0.504 e. The normalized spacial score (nSPS) is 11.1. The molecule has 36 heavy (non-hydrogen) atoms. The predicted molar refractivity (Wildman–Crippen MR) is 135 cm³/mol. The zero-order chi connectivity index (χ0) is 25.1. The van der Waals surface area contributed by atoms with Crippen molar-refractivity contribution in [2.24, 2.45) is 0 Å². The Hall–Kier alpha value is -4.63. The van der Waals surface area contributed by atoms with Crippen LogP contribution in [0.2, 0.25) is 0 Å². The second-order valence-corrected chi connectivity index (χ2v) is 8.24. The number of pyridine rings is 2. The smallest absolute Gasteiger partial charge is 0.168 e. The van der Waals surface area contributed by atoms with E-state index in [0.717, 1.165) is 22.3 Å². The summed E-state index contributed by atoms with van der Waals surface area (Å²) in [7, 11) is 0. The molecule has 4 N–H and O–H groups in total. The molecule has 0 unspecified atom stereocenters. The fourth-order valence-electron chi connectivity index (χ4n) is 4.07. The summed E-state index contributed by atoms with van der Waals surface area (Å²) >= 11 is 0. The topological polar surface area (TPSA) is 119 Å². The summed E-state index contributed by atoms with van der Waals surface area (Å²) in [4.78, 5) is 24.3. The monoisotopic (exact) mass is 482 g/mol. The van der Waals surface area contributed by atoms with E-state index in [9.17, 15) is 14.3 Å². The lowest BCUT2D eigenvalue weighted by molar-refractivity contribution is 0.112. The van der Waals surface area contributed by atoms with Crippen LogP contribution < -0.4 is 11.1 Å². The number of aromatic hydroxyl groups is 1. The third-order valence-corrected chi connectivity index (χ3v) is 5.94. The molecule has 5 rings (SSSR count). The number of hydrogen-bond donors (Lipinski definition) is 3. The van der Waals surface area contributed by atoms with Crippen LogP contribution in [0.4, 0.5) is 10.2 Å². The van der Waals surface area contributed by atoms with Crippen LogP contribution in [0.3, 0.4) is 0 Å². The second-order valence-electron chi connectivity index (χ2n) is 8.24. The van der Waals surface area contributed by atoms with Gasteiger partial charge in [0.25, 0.3) is 0 Å². The summed E-state index contributed by atoms with van der Waals surface area (Å²) in [6.45, 7) is 1.07. The number of rotatable bonds is 8. The van der Waals surface area contributed by atoms with Gasteiger partial charge < -0.3 is 16.2 Å². The third-order valence-electron chi connectivity index (χ3n) is 5.94. The minimum absolute atomic E-state index is 0.0560. The highest BCUT2D eigenvalue weighted by atomic mass is 19.1. The Balaban J connectivity index is 1.33. The third kappa shape index (κ3) is 4.39. The summed E-state index contributed by atoms with van der Waals surface area (Å²) in [6, 6.07) is 18.4. The maximum Gasteiger partial charge on any atom is 0.168 e. The number of phenols is 1. The predicted octanol–water partition coefficient (Wildman–Crippen LogP) is 4.05. The fourth-order valence-corrected chi connectivity index (χ4v) is 4.07. The van der Waals surface area contributed by atoms with Crippen molar-refractivity contribution in [2.75, 3.05) is 12.3 Å². The van der Waals surface area contributed by atoms with E-state index in [-0.39, 0.29) is 5.56 Å². The van der Waals surface area contributed by atoms with Crippen molar-refractivity contribution in [1.82, 2.24) is 24.8 Å². The highest BCUT2D eigenvalue weighted by molar-refractivity contribution is 5.82. The molecule has 8 nitrogen and oxygen atoms in total. The second kappa shape index (κ2) is 9.93. The van der Waals surface area contributed by atoms with E-state index < -0.39 is 11.6 Å². The molecule has 0 atom stereocenters. The molecule has 180 valence electrons. The molecule has 5 aromatic rings. The first-order valence-corrected chi connectivity index (χ1v) is 11.4. The van der Waals surface area contributed by atoms with E-state index in [4.69, 9.17) is 10.7 Å². The number of nitrogens with two attached hydrogens (primary N) is 1. The Bertz CT molecular complexity index is 1550. The zero-order valence-corrected chi connectivity index (χ0v) is 19.2. The van der Waals surface area contributed by atoms with Gasteiger partial charge in [0.2, 0.25) is 0 Å². The standard InChI is InChI=1S/C27H23FN6O2/c28-23-18(7-8-19(16-35)24(23)36)11-14-30-15-17-5-9-20(10-6-17)34-26(21-3-1-12-31-25(21)29)33-22-4-2-13-32-27(22)34/h1-10,12-13,16,30,36H,11,14-15H2,(H2,29,31). The van der Waals surface area contributed by atoms with Gasteiger partial charge in [-0.1, -0.05) is 18.2 Å². The first kappa shape index (κ1) is 23.1. The number of carbonyl (C=O) groups is 1. The Kier molecular flexibility index (Phi) is 6.38. The molecule has 0 spiro atoms. The van der Waals surface area contributed by atoms with E-state index in [1.807, 2.05) is 53.1 Å². The van der Waals surface area contributed by atoms with Crippen LogP contribution in [0.5, 0.6) is 5.75 Å². The van der Waals surface area contributed by atoms with Gasteiger partial charge in [-0.3, -0.25) is 9.36 Å². The number of aldehydes is 1. The van der Waals surface area contributed by atoms with Crippen molar-refractivity contribution >= 4 is 23.3 Å². The molecule has 0 radical (unpaired) electrons. The molecule has 0 aliphatic rings. The van der Waals surface area contributed by atoms with E-state index >= 15 is 0 Å². The van der Waals surface area contributed by atoms with E-state index in [1.165, 1.54) is 12.1 Å². The molecule has 0 saturated carbocycles. The molecule has 2 aromatic carbocycles. The minimum atomic E-state index is -0.753. The lowest BCUT2D eigenvalue weighted by Gasteiger charge is -2.11. The number of nitrogens with zero attached hydrogens (tertiary/aromatic N) is 4. The van der Waals surface area contributed by atoms with Crippen molar-refractivity contribution in [3.8, 4) is 22.8 Å². The van der Waals surface area contributed by atoms with Gasteiger partial charge in [-0.05, 0) is 66.6 Å². The first-order chi connectivity index (χ1) is 17.6. The number of hydrogen-bond acceptors (Lipinski definition) is 7. The quantitative estimate of drug-likeness (QED) is 0.225. The Morgan fingerprint density at radius 1 is 1.03 bits per heavy atom. The summed E-state index contributed by atoms with van der Waals surface area (Å²) in [5.74, 6) is -0.310. The number of carbonyl (C=O) groups excluding carboxylic acids is 1. The molecule has 3 heterocycles. The number of fused-ring (bicyclic) bond motifs is 1. The van der Waals surface area contributed by atoms with Crippen LogP contribution in [-0.4, -0.2) is 37.5 Å². The molecule has 9 heteroatoms. The molecular weight excluding hydrogens is 459 g/mol. The van der Waals surface area contributed by atoms with Gasteiger partial charge >= 0.3 is 0 Å². The Morgan fingerprint density at radius 2 is 1.81 bits per heavy atom. The van der Waals surface area contributed by atoms with Gasteiger partial charge in [-0.25, -0.2) is 19.3 Å². The maximum absolute atomic E-state index is 14.2. The van der Waals surface area contributed by atoms with Gasteiger partial charge in [0, 0.05) is 24.6 Å². The lowest BCUT2D eigenvalue weighted by Crippen LogP contribution is -2.17. The van der Waals surface area contributed by atoms with Gasteiger partial charge in [-0.2, -0.15) is 0 Å². The summed E-state index contributed by atoms with van der Waals surface area (Å²) in [5.41, 5.74) is 10.5. The lowest BCUT2D eigenvalue weighted by atomic mass is 10.1. The molecule has 0 amide bonds. The summed E-state index contributed by atoms with van der Waals surface area (Å²) in [5, 5.41) is 13.0. The number of halogens is 1. The van der Waals surface area contributed by atoms with Crippen molar-refractivity contribution in [2.45, 2.75) is 13.0 Å². The number of aromatic nitrogens is 4. The Labute approximate surface area is 206 Å². The van der Waals surface area contributed by atoms with Crippen LogP contribution in [0.1, 0.15) is 21.5 Å². The van der Waals surface area contributed by atoms with Crippen LogP contribution in [0, 0.1) is 5.82 Å². The molecule has 0 bridgehead atoms. The molecular formula is C27H23FN6O2. The molecule has 0 aliphatic carbocycles. The number of phenolic OH excluding ortho intramolecular Hbond substituents is 1. The largest absolute Gasteiger partial charge is 0.504 e. The van der Waals surface area contributed by atoms with Crippen molar-refractivity contribution in [3.63, 3.8) is 0 Å². The fraction of sp³-hybridized carbons (Fsp3) is 0.111. The molecule has 3 aromatic heterocycles. The van der Waals surface area contributed by atoms with Gasteiger partial charge in [-0.15, -0.1) is 0 Å². The Morgan fingerprint density at radius 3 is 2.58 bits per heavy atom. The molecule has 0 aliphatic heterocycles. The summed E-state index contributed by atoms with van der Waals surface area (Å²) in [6.07, 6.45) is 4.17. The van der Waals surface area contributed by atoms with Crippen molar-refractivity contribution in [1.29, 1.82) is 0 Å². The average Bonchev–Trinajstić information content (AvgIpc) is 3.29. The summed E-state index contributed by atoms with van der Waals surface area (Å²) < 4.78 is 16.2. The first-order valence-electron chi connectivity index (χ1n) is 11.4. The van der Waals surface area contributed by atoms with E-state index in [0.29, 0.717) is 48.6 Å². The van der Waals surface area contributed by atoms with E-state index in [1.54, 1.807) is 12.4 Å².